The maximum absolute atomic E-state index is 15.2. The molecule has 0 saturated carbocycles. The topological polar surface area (TPSA) is 163 Å². The van der Waals surface area contributed by atoms with Crippen molar-refractivity contribution in [3.8, 4) is 5.69 Å². The van der Waals surface area contributed by atoms with E-state index < -0.39 is 29.6 Å². The number of carboxylic acids is 1. The number of carbonyl (C=O) groups is 4. The summed E-state index contributed by atoms with van der Waals surface area (Å²) in [5, 5.41) is 25.6. The van der Waals surface area contributed by atoms with Crippen LogP contribution in [0.2, 0.25) is 5.02 Å². The van der Waals surface area contributed by atoms with Gasteiger partial charge in [0.05, 0.1) is 22.8 Å². The Morgan fingerprint density at radius 3 is 2.52 bits per heavy atom. The maximum Gasteiger partial charge on any atom is 0.335 e. The third-order valence-electron chi connectivity index (χ3n) is 7.18. The first kappa shape index (κ1) is 31.9. The highest BCUT2D eigenvalue weighted by Gasteiger charge is 2.36. The van der Waals surface area contributed by atoms with Crippen LogP contribution in [0.4, 0.5) is 15.8 Å². The molecule has 0 unspecified atom stereocenters. The van der Waals surface area contributed by atoms with E-state index in [1.54, 1.807) is 37.2 Å². The number of benzene rings is 3. The van der Waals surface area contributed by atoms with Crippen molar-refractivity contribution in [1.29, 1.82) is 0 Å². The molecule has 1 atom stereocenters. The number of tetrazole rings is 1. The molecule has 3 N–H and O–H groups in total. The number of halogens is 2. The van der Waals surface area contributed by atoms with Crippen LogP contribution in [0.25, 0.3) is 11.8 Å². The van der Waals surface area contributed by atoms with Gasteiger partial charge in [0.15, 0.2) is 5.82 Å². The summed E-state index contributed by atoms with van der Waals surface area (Å²) in [6.07, 6.45) is 3.96. The molecule has 2 heterocycles. The lowest BCUT2D eigenvalue weighted by atomic mass is 9.90. The Labute approximate surface area is 267 Å². The Bertz CT molecular complexity index is 1830. The van der Waals surface area contributed by atoms with Crippen molar-refractivity contribution in [2.45, 2.75) is 12.5 Å². The van der Waals surface area contributed by atoms with Gasteiger partial charge in [-0.15, -0.1) is 5.10 Å². The molecule has 236 valence electrons. The minimum absolute atomic E-state index is 0.0374. The Balaban J connectivity index is 1.50. The lowest BCUT2D eigenvalue weighted by molar-refractivity contribution is -0.135. The van der Waals surface area contributed by atoms with Gasteiger partial charge in [-0.2, -0.15) is 4.68 Å². The first-order valence-electron chi connectivity index (χ1n) is 13.9. The highest BCUT2D eigenvalue weighted by atomic mass is 35.5. The van der Waals surface area contributed by atoms with E-state index in [-0.39, 0.29) is 40.8 Å². The molecular weight excluding hydrogens is 619 g/mol. The standard InChI is InChI=1S/C31H28ClFN8O5/c1-39(2)16-26(42)36-24-5-3-4-21-20(24)14-15-40(29(21)30(44)35-19-8-6-18(7-9-19)31(45)46)27(43)13-10-22-25(41-17-34-37-38-41)12-11-23(32)28(22)33/h3-13,17,29H,14-16H2,1-2H3,(H,35,44)(H,36,42)(H,45,46)/b13-10+/t29-/m0/s1. The number of aromatic nitrogens is 4. The Morgan fingerprint density at radius 2 is 1.85 bits per heavy atom. The Hall–Kier alpha value is -5.47. The van der Waals surface area contributed by atoms with Crippen molar-refractivity contribution in [2.24, 2.45) is 0 Å². The van der Waals surface area contributed by atoms with Gasteiger partial charge in [-0.25, -0.2) is 9.18 Å². The van der Waals surface area contributed by atoms with Crippen LogP contribution in [0, 0.1) is 5.82 Å². The number of rotatable bonds is 9. The van der Waals surface area contributed by atoms with E-state index in [4.69, 9.17) is 11.6 Å². The number of aromatic carboxylic acids is 1. The van der Waals surface area contributed by atoms with Gasteiger partial charge >= 0.3 is 5.97 Å². The van der Waals surface area contributed by atoms with Crippen molar-refractivity contribution < 1.29 is 28.7 Å². The smallest absolute Gasteiger partial charge is 0.335 e. The van der Waals surface area contributed by atoms with E-state index >= 15 is 4.39 Å². The molecule has 1 aliphatic heterocycles. The molecule has 0 fully saturated rings. The molecule has 5 rings (SSSR count). The zero-order chi connectivity index (χ0) is 33.0. The summed E-state index contributed by atoms with van der Waals surface area (Å²) < 4.78 is 16.4. The Morgan fingerprint density at radius 1 is 1.09 bits per heavy atom. The van der Waals surface area contributed by atoms with Crippen LogP contribution in [0.1, 0.15) is 33.1 Å². The number of likely N-dealkylation sites (N-methyl/N-ethyl adjacent to an activating group) is 1. The molecule has 0 radical (unpaired) electrons. The van der Waals surface area contributed by atoms with Gasteiger partial charge in [0.1, 0.15) is 12.4 Å². The molecule has 0 spiro atoms. The number of nitrogens with zero attached hydrogens (tertiary/aromatic N) is 6. The van der Waals surface area contributed by atoms with Crippen LogP contribution in [-0.4, -0.2) is 86.0 Å². The molecule has 0 saturated heterocycles. The quantitative estimate of drug-likeness (QED) is 0.231. The highest BCUT2D eigenvalue weighted by Crippen LogP contribution is 2.36. The molecule has 0 aliphatic carbocycles. The fourth-order valence-electron chi connectivity index (χ4n) is 5.13. The second kappa shape index (κ2) is 13.7. The monoisotopic (exact) mass is 646 g/mol. The molecule has 1 aliphatic rings. The van der Waals surface area contributed by atoms with E-state index in [2.05, 4.69) is 26.2 Å². The molecule has 0 bridgehead atoms. The molecule has 1 aromatic heterocycles. The van der Waals surface area contributed by atoms with E-state index in [1.165, 1.54) is 58.4 Å². The van der Waals surface area contributed by atoms with Crippen LogP contribution in [-0.2, 0) is 20.8 Å². The van der Waals surface area contributed by atoms with E-state index in [0.29, 0.717) is 28.9 Å². The second-order valence-corrected chi connectivity index (χ2v) is 11.0. The summed E-state index contributed by atoms with van der Waals surface area (Å²) in [6.45, 7) is 0.229. The van der Waals surface area contributed by atoms with Crippen molar-refractivity contribution in [3.63, 3.8) is 0 Å². The molecule has 13 nitrogen and oxygen atoms in total. The first-order valence-corrected chi connectivity index (χ1v) is 14.3. The average molecular weight is 647 g/mol. The van der Waals surface area contributed by atoms with Gasteiger partial charge < -0.3 is 25.5 Å². The summed E-state index contributed by atoms with van der Waals surface area (Å²) in [5.74, 6) is -3.34. The van der Waals surface area contributed by atoms with Crippen LogP contribution in [0.3, 0.4) is 0 Å². The van der Waals surface area contributed by atoms with Gasteiger partial charge in [0.25, 0.3) is 5.91 Å². The van der Waals surface area contributed by atoms with Crippen LogP contribution in [0.5, 0.6) is 0 Å². The largest absolute Gasteiger partial charge is 0.478 e. The van der Waals surface area contributed by atoms with Gasteiger partial charge in [0.2, 0.25) is 11.8 Å². The van der Waals surface area contributed by atoms with Crippen molar-refractivity contribution in [2.75, 3.05) is 37.8 Å². The van der Waals surface area contributed by atoms with Crippen LogP contribution < -0.4 is 10.6 Å². The number of hydrogen-bond donors (Lipinski definition) is 3. The zero-order valence-electron chi connectivity index (χ0n) is 24.6. The number of amides is 3. The fraction of sp³-hybridized carbons (Fsp3) is 0.194. The number of carbonyl (C=O) groups excluding carboxylic acids is 3. The summed E-state index contributed by atoms with van der Waals surface area (Å²) in [5.41, 5.74) is 2.23. The van der Waals surface area contributed by atoms with Crippen molar-refractivity contribution >= 4 is 52.7 Å². The fourth-order valence-corrected chi connectivity index (χ4v) is 5.29. The summed E-state index contributed by atoms with van der Waals surface area (Å²) in [6, 6.07) is 12.4. The van der Waals surface area contributed by atoms with E-state index in [1.807, 2.05) is 0 Å². The number of fused-ring (bicyclic) bond motifs is 1. The predicted molar refractivity (Wildman–Crippen MR) is 167 cm³/mol. The van der Waals surface area contributed by atoms with E-state index in [9.17, 15) is 24.3 Å². The Kier molecular flexibility index (Phi) is 9.49. The SMILES string of the molecule is CN(C)CC(=O)Nc1cccc2c1CCN(C(=O)/C=C/c1c(-n3cnnn3)ccc(Cl)c1F)[C@@H]2C(=O)Nc1ccc(C(=O)O)cc1. The number of hydrogen-bond acceptors (Lipinski definition) is 8. The van der Waals surface area contributed by atoms with Gasteiger partial charge in [-0.1, -0.05) is 23.7 Å². The lowest BCUT2D eigenvalue weighted by Crippen LogP contribution is -2.45. The summed E-state index contributed by atoms with van der Waals surface area (Å²) >= 11 is 6.03. The first-order chi connectivity index (χ1) is 22.0. The lowest BCUT2D eigenvalue weighted by Gasteiger charge is -2.36. The van der Waals surface area contributed by atoms with Gasteiger partial charge in [-0.3, -0.25) is 14.4 Å². The number of anilines is 2. The predicted octanol–water partition coefficient (Wildman–Crippen LogP) is 3.43. The molecular formula is C31H28ClFN8O5. The maximum atomic E-state index is 15.2. The van der Waals surface area contributed by atoms with Gasteiger partial charge in [0, 0.05) is 29.6 Å². The normalized spacial score (nSPS) is 14.3. The molecule has 46 heavy (non-hydrogen) atoms. The molecule has 4 aromatic rings. The second-order valence-electron chi connectivity index (χ2n) is 10.6. The van der Waals surface area contributed by atoms with Gasteiger partial charge in [-0.05, 0) is 90.6 Å². The third-order valence-corrected chi connectivity index (χ3v) is 7.48. The highest BCUT2D eigenvalue weighted by molar-refractivity contribution is 6.31. The van der Waals surface area contributed by atoms with Crippen LogP contribution >= 0.6 is 11.6 Å². The third kappa shape index (κ3) is 6.92. The zero-order valence-corrected chi connectivity index (χ0v) is 25.4. The van der Waals surface area contributed by atoms with E-state index in [0.717, 1.165) is 6.08 Å². The minimum atomic E-state index is -1.16. The summed E-state index contributed by atoms with van der Waals surface area (Å²) in [7, 11) is 3.53. The molecule has 3 aromatic carbocycles. The minimum Gasteiger partial charge on any atom is -0.478 e. The van der Waals surface area contributed by atoms with Crippen molar-refractivity contribution in [3.05, 3.63) is 100 Å². The average Bonchev–Trinajstić information content (AvgIpc) is 3.56. The molecule has 3 amide bonds. The van der Waals surface area contributed by atoms with Crippen molar-refractivity contribution in [1.82, 2.24) is 30.0 Å². The van der Waals surface area contributed by atoms with Crippen LogP contribution in [0.15, 0.2) is 67.0 Å². The molecule has 15 heteroatoms. The summed E-state index contributed by atoms with van der Waals surface area (Å²) in [4.78, 5) is 54.6. The number of nitrogens with one attached hydrogen (secondary N) is 2. The number of carboxylic acid groups (broad SMARTS) is 1.